The zero-order valence-electron chi connectivity index (χ0n) is 19.5. The van der Waals surface area contributed by atoms with E-state index < -0.39 is 16.0 Å². The predicted octanol–water partition coefficient (Wildman–Crippen LogP) is 1.49. The lowest BCUT2D eigenvalue weighted by atomic mass is 9.96. The highest BCUT2D eigenvalue weighted by Gasteiger charge is 2.36. The molecular weight excluding hydrogens is 470 g/mol. The van der Waals surface area contributed by atoms with Crippen molar-refractivity contribution in [2.75, 3.05) is 51.3 Å². The van der Waals surface area contributed by atoms with Crippen molar-refractivity contribution in [2.24, 2.45) is 5.92 Å². The first kappa shape index (κ1) is 24.6. The maximum Gasteiger partial charge on any atom is 0.339 e. The molecule has 2 saturated heterocycles. The Labute approximate surface area is 204 Å². The summed E-state index contributed by atoms with van der Waals surface area (Å²) < 4.78 is 32.5. The van der Waals surface area contributed by atoms with Crippen LogP contribution in [0.5, 0.6) is 0 Å². The van der Waals surface area contributed by atoms with Gasteiger partial charge < -0.3 is 14.5 Å². The van der Waals surface area contributed by atoms with E-state index in [-0.39, 0.29) is 35.4 Å². The van der Waals surface area contributed by atoms with Crippen LogP contribution in [0.2, 0.25) is 0 Å². The van der Waals surface area contributed by atoms with Crippen LogP contribution in [0.25, 0.3) is 0 Å². The van der Waals surface area contributed by atoms with E-state index in [1.807, 2.05) is 9.80 Å². The van der Waals surface area contributed by atoms with Crippen molar-refractivity contribution in [3.8, 4) is 6.07 Å². The third kappa shape index (κ3) is 4.99. The molecule has 0 saturated carbocycles. The van der Waals surface area contributed by atoms with Crippen LogP contribution in [-0.2, 0) is 19.6 Å². The number of rotatable bonds is 5. The highest BCUT2D eigenvalue weighted by molar-refractivity contribution is 7.89. The lowest BCUT2D eigenvalue weighted by molar-refractivity contribution is -0.137. The van der Waals surface area contributed by atoms with Gasteiger partial charge >= 0.3 is 5.97 Å². The molecule has 4 rings (SSSR count). The zero-order valence-corrected chi connectivity index (χ0v) is 20.3. The van der Waals surface area contributed by atoms with Gasteiger partial charge in [0.15, 0.2) is 0 Å². The number of piperidine rings is 1. The van der Waals surface area contributed by atoms with Crippen LogP contribution < -0.4 is 4.90 Å². The van der Waals surface area contributed by atoms with Crippen LogP contribution in [0.4, 0.5) is 5.82 Å². The highest BCUT2D eigenvalue weighted by atomic mass is 32.2. The topological polar surface area (TPSA) is 124 Å². The number of hydrogen-bond acceptors (Lipinski definition) is 8. The molecule has 184 valence electrons. The molecule has 2 aromatic rings. The molecule has 0 bridgehead atoms. The Morgan fingerprint density at radius 3 is 2.37 bits per heavy atom. The van der Waals surface area contributed by atoms with Crippen molar-refractivity contribution in [1.29, 1.82) is 5.26 Å². The number of esters is 1. The van der Waals surface area contributed by atoms with Gasteiger partial charge in [-0.05, 0) is 37.1 Å². The zero-order chi connectivity index (χ0) is 25.0. The summed E-state index contributed by atoms with van der Waals surface area (Å²) in [5, 5.41) is 9.31. The normalized spacial score (nSPS) is 17.6. The van der Waals surface area contributed by atoms with Crippen LogP contribution in [-0.4, -0.2) is 80.9 Å². The number of hydrogen-bond donors (Lipinski definition) is 0. The number of nitrogens with zero attached hydrogens (tertiary/aromatic N) is 5. The molecule has 35 heavy (non-hydrogen) atoms. The maximum atomic E-state index is 13.2. The Kier molecular flexibility index (Phi) is 7.33. The van der Waals surface area contributed by atoms with Gasteiger partial charge in [0.05, 0.1) is 23.1 Å². The molecule has 0 radical (unpaired) electrons. The molecule has 3 heterocycles. The van der Waals surface area contributed by atoms with Crippen molar-refractivity contribution in [3.63, 3.8) is 0 Å². The monoisotopic (exact) mass is 497 g/mol. The first-order valence-corrected chi connectivity index (χ1v) is 12.9. The fraction of sp³-hybridized carbons (Fsp3) is 0.417. The van der Waals surface area contributed by atoms with Gasteiger partial charge in [-0.15, -0.1) is 0 Å². The van der Waals surface area contributed by atoms with Crippen LogP contribution in [0.3, 0.4) is 0 Å². The van der Waals surface area contributed by atoms with E-state index in [1.54, 1.807) is 30.5 Å². The number of sulfonamides is 1. The van der Waals surface area contributed by atoms with Crippen molar-refractivity contribution < 1.29 is 22.7 Å². The van der Waals surface area contributed by atoms with E-state index in [2.05, 4.69) is 11.1 Å². The second-order valence-corrected chi connectivity index (χ2v) is 10.4. The number of aromatic nitrogens is 1. The third-order valence-corrected chi connectivity index (χ3v) is 8.47. The molecule has 0 atom stereocenters. The SMILES string of the molecule is COC(=O)c1ccccc1S(=O)(=O)N1CCC(C(=O)N2CCN(c3ncccc3C#N)CC2)CC1. The number of carbonyl (C=O) groups is 2. The van der Waals surface area contributed by atoms with E-state index in [9.17, 15) is 23.3 Å². The Bertz CT molecular complexity index is 1240. The van der Waals surface area contributed by atoms with Gasteiger partial charge in [-0.25, -0.2) is 18.2 Å². The molecule has 0 unspecified atom stereocenters. The Morgan fingerprint density at radius 1 is 1.03 bits per heavy atom. The fourth-order valence-electron chi connectivity index (χ4n) is 4.59. The molecule has 2 fully saturated rings. The largest absolute Gasteiger partial charge is 0.465 e. The lowest BCUT2D eigenvalue weighted by Gasteiger charge is -2.39. The van der Waals surface area contributed by atoms with Crippen molar-refractivity contribution in [2.45, 2.75) is 17.7 Å². The van der Waals surface area contributed by atoms with Crippen LogP contribution >= 0.6 is 0 Å². The molecule has 1 aromatic heterocycles. The summed E-state index contributed by atoms with van der Waals surface area (Å²) in [5.41, 5.74) is 0.508. The summed E-state index contributed by atoms with van der Waals surface area (Å²) in [4.78, 5) is 33.2. The summed E-state index contributed by atoms with van der Waals surface area (Å²) >= 11 is 0. The summed E-state index contributed by atoms with van der Waals surface area (Å²) in [6.45, 7) is 2.60. The standard InChI is InChI=1S/C24H27N5O5S/c1-34-24(31)20-6-2-3-7-21(20)35(32,33)29-11-8-18(9-12-29)23(30)28-15-13-27(14-16-28)22-19(17-25)5-4-10-26-22/h2-7,10,18H,8-9,11-16H2,1H3. The summed E-state index contributed by atoms with van der Waals surface area (Å²) in [6.07, 6.45) is 2.48. The average Bonchev–Trinajstić information content (AvgIpc) is 2.92. The molecule has 1 amide bonds. The average molecular weight is 498 g/mol. The number of ether oxygens (including phenoxy) is 1. The van der Waals surface area contributed by atoms with E-state index in [1.165, 1.54) is 23.5 Å². The minimum atomic E-state index is -3.90. The van der Waals surface area contributed by atoms with Crippen LogP contribution in [0.1, 0.15) is 28.8 Å². The van der Waals surface area contributed by atoms with Crippen LogP contribution in [0.15, 0.2) is 47.5 Å². The van der Waals surface area contributed by atoms with Crippen LogP contribution in [0, 0.1) is 17.2 Å². The molecule has 2 aliphatic rings. The summed E-state index contributed by atoms with van der Waals surface area (Å²) in [6, 6.07) is 11.6. The molecule has 10 nitrogen and oxygen atoms in total. The number of piperazine rings is 1. The number of pyridine rings is 1. The highest BCUT2D eigenvalue weighted by Crippen LogP contribution is 2.28. The molecule has 1 aromatic carbocycles. The number of anilines is 1. The Hall–Kier alpha value is -3.49. The first-order chi connectivity index (χ1) is 16.9. The van der Waals surface area contributed by atoms with Gasteiger partial charge in [0.2, 0.25) is 15.9 Å². The minimum absolute atomic E-state index is 0.00136. The van der Waals surface area contributed by atoms with Gasteiger partial charge in [-0.1, -0.05) is 12.1 Å². The van der Waals surface area contributed by atoms with Gasteiger partial charge in [0.25, 0.3) is 0 Å². The van der Waals surface area contributed by atoms with Gasteiger partial charge in [-0.2, -0.15) is 9.57 Å². The second-order valence-electron chi connectivity index (χ2n) is 8.46. The van der Waals surface area contributed by atoms with Crippen molar-refractivity contribution >= 4 is 27.7 Å². The second kappa shape index (κ2) is 10.4. The van der Waals surface area contributed by atoms with E-state index in [0.717, 1.165) is 0 Å². The number of amides is 1. The fourth-order valence-corrected chi connectivity index (χ4v) is 6.23. The van der Waals surface area contributed by atoms with Gasteiger partial charge in [0, 0.05) is 51.4 Å². The molecule has 11 heteroatoms. The predicted molar refractivity (Wildman–Crippen MR) is 127 cm³/mol. The van der Waals surface area contributed by atoms with E-state index >= 15 is 0 Å². The molecular formula is C24H27N5O5S. The first-order valence-electron chi connectivity index (χ1n) is 11.4. The van der Waals surface area contributed by atoms with E-state index in [0.29, 0.717) is 50.4 Å². The maximum absolute atomic E-state index is 13.2. The number of methoxy groups -OCH3 is 1. The minimum Gasteiger partial charge on any atom is -0.465 e. The summed E-state index contributed by atoms with van der Waals surface area (Å²) in [7, 11) is -2.69. The quantitative estimate of drug-likeness (QED) is 0.569. The lowest BCUT2D eigenvalue weighted by Crippen LogP contribution is -2.52. The number of carbonyl (C=O) groups excluding carboxylic acids is 2. The van der Waals surface area contributed by atoms with Crippen molar-refractivity contribution in [3.05, 3.63) is 53.7 Å². The molecule has 0 aliphatic carbocycles. The summed E-state index contributed by atoms with van der Waals surface area (Å²) in [5.74, 6) is -0.305. The van der Waals surface area contributed by atoms with Crippen molar-refractivity contribution in [1.82, 2.24) is 14.2 Å². The van der Waals surface area contributed by atoms with Gasteiger partial charge in [0.1, 0.15) is 11.9 Å². The number of nitriles is 1. The molecule has 0 N–H and O–H groups in total. The van der Waals surface area contributed by atoms with E-state index in [4.69, 9.17) is 4.74 Å². The number of benzene rings is 1. The Morgan fingerprint density at radius 2 is 1.71 bits per heavy atom. The molecule has 2 aliphatic heterocycles. The molecule has 0 spiro atoms. The smallest absolute Gasteiger partial charge is 0.339 e. The van der Waals surface area contributed by atoms with Gasteiger partial charge in [-0.3, -0.25) is 4.79 Å². The Balaban J connectivity index is 1.36. The third-order valence-electron chi connectivity index (χ3n) is 6.51.